The van der Waals surface area contributed by atoms with Gasteiger partial charge in [-0.2, -0.15) is 0 Å². The van der Waals surface area contributed by atoms with E-state index in [1.165, 1.54) is 56.9 Å². The summed E-state index contributed by atoms with van der Waals surface area (Å²) in [6, 6.07) is 7.83. The van der Waals surface area contributed by atoms with Crippen LogP contribution in [0.4, 0.5) is 0 Å². The molecule has 0 spiro atoms. The third-order valence-corrected chi connectivity index (χ3v) is 3.84. The molecule has 0 aliphatic carbocycles. The fraction of sp³-hybridized carbons (Fsp3) is 0.632. The number of hydroxylamine groups is 1. The van der Waals surface area contributed by atoms with Crippen LogP contribution in [0.2, 0.25) is 0 Å². The van der Waals surface area contributed by atoms with Gasteiger partial charge in [0.1, 0.15) is 0 Å². The lowest BCUT2D eigenvalue weighted by Gasteiger charge is -2.05. The monoisotopic (exact) mass is 305 g/mol. The number of carbonyl (C=O) groups is 1. The second-order valence-corrected chi connectivity index (χ2v) is 5.79. The van der Waals surface area contributed by atoms with E-state index in [1.807, 2.05) is 31.2 Å². The zero-order valence-electron chi connectivity index (χ0n) is 14.2. The van der Waals surface area contributed by atoms with Crippen LogP contribution in [-0.4, -0.2) is 12.5 Å². The molecule has 22 heavy (non-hydrogen) atoms. The number of carbonyl (C=O) groups excluding carboxylic acids is 1. The molecule has 0 aliphatic rings. The summed E-state index contributed by atoms with van der Waals surface area (Å²) in [7, 11) is 0. The second kappa shape index (κ2) is 12.2. The first-order chi connectivity index (χ1) is 10.8. The summed E-state index contributed by atoms with van der Waals surface area (Å²) in [4.78, 5) is 16.6. The number of hydrogen-bond acceptors (Lipinski definition) is 2. The van der Waals surface area contributed by atoms with Gasteiger partial charge in [-0.25, -0.2) is 5.48 Å². The summed E-state index contributed by atoms with van der Waals surface area (Å²) in [5.41, 5.74) is 4.36. The number of hydrogen-bond donors (Lipinski definition) is 1. The molecule has 0 heterocycles. The van der Waals surface area contributed by atoms with Crippen molar-refractivity contribution in [2.45, 2.75) is 71.6 Å². The Morgan fingerprint density at radius 2 is 1.50 bits per heavy atom. The van der Waals surface area contributed by atoms with Crippen LogP contribution in [-0.2, 0) is 11.3 Å². The van der Waals surface area contributed by atoms with E-state index in [2.05, 4.69) is 12.4 Å². The van der Waals surface area contributed by atoms with Crippen molar-refractivity contribution >= 4 is 5.91 Å². The highest BCUT2D eigenvalue weighted by atomic mass is 16.6. The Labute approximate surface area is 135 Å². The second-order valence-electron chi connectivity index (χ2n) is 5.79. The third-order valence-electron chi connectivity index (χ3n) is 3.84. The van der Waals surface area contributed by atoms with Gasteiger partial charge in [0.2, 0.25) is 0 Å². The minimum atomic E-state index is -0.180. The maximum Gasteiger partial charge on any atom is 0.274 e. The lowest BCUT2D eigenvalue weighted by molar-refractivity contribution is 0.0364. The molecule has 0 bridgehead atoms. The van der Waals surface area contributed by atoms with E-state index in [-0.39, 0.29) is 5.91 Å². The lowest BCUT2D eigenvalue weighted by Crippen LogP contribution is -2.23. The molecule has 3 nitrogen and oxygen atoms in total. The molecule has 1 aromatic carbocycles. The van der Waals surface area contributed by atoms with E-state index in [0.29, 0.717) is 12.2 Å². The molecule has 0 saturated carbocycles. The van der Waals surface area contributed by atoms with Gasteiger partial charge in [-0.1, -0.05) is 64.0 Å². The van der Waals surface area contributed by atoms with Gasteiger partial charge in [0, 0.05) is 5.56 Å². The summed E-state index contributed by atoms with van der Waals surface area (Å²) < 4.78 is 0. The molecule has 0 saturated heterocycles. The molecule has 0 radical (unpaired) electrons. The van der Waals surface area contributed by atoms with E-state index < -0.39 is 0 Å². The molecule has 1 rings (SSSR count). The van der Waals surface area contributed by atoms with E-state index >= 15 is 0 Å². The summed E-state index contributed by atoms with van der Waals surface area (Å²) in [5.74, 6) is -0.180. The largest absolute Gasteiger partial charge is 0.274 e. The molecule has 1 aromatic rings. The number of aryl methyl sites for hydroxylation is 1. The number of benzene rings is 1. The molecule has 0 fully saturated rings. The normalized spacial score (nSPS) is 10.6. The molecular weight excluding hydrogens is 274 g/mol. The van der Waals surface area contributed by atoms with Crippen LogP contribution >= 0.6 is 0 Å². The summed E-state index contributed by atoms with van der Waals surface area (Å²) in [6.07, 6.45) is 11.8. The van der Waals surface area contributed by atoms with E-state index in [1.54, 1.807) is 0 Å². The van der Waals surface area contributed by atoms with Crippen molar-refractivity contribution in [3.8, 4) is 0 Å². The van der Waals surface area contributed by atoms with Gasteiger partial charge in [-0.05, 0) is 37.5 Å². The molecule has 1 amide bonds. The number of nitrogens with one attached hydrogen (secondary N) is 1. The molecule has 1 N–H and O–H groups in total. The first kappa shape index (κ1) is 18.7. The predicted molar refractivity (Wildman–Crippen MR) is 91.8 cm³/mol. The Morgan fingerprint density at radius 1 is 0.909 bits per heavy atom. The van der Waals surface area contributed by atoms with Gasteiger partial charge in [0.25, 0.3) is 5.91 Å². The molecule has 124 valence electrons. The highest BCUT2D eigenvalue weighted by molar-refractivity contribution is 5.93. The lowest BCUT2D eigenvalue weighted by atomic mass is 10.0. The first-order valence-electron chi connectivity index (χ1n) is 8.79. The van der Waals surface area contributed by atoms with Crippen molar-refractivity contribution in [3.05, 3.63) is 35.4 Å². The Hall–Kier alpha value is -1.35. The van der Waals surface area contributed by atoms with Crippen molar-refractivity contribution < 1.29 is 9.63 Å². The van der Waals surface area contributed by atoms with Gasteiger partial charge in [0.15, 0.2) is 0 Å². The smallest absolute Gasteiger partial charge is 0.274 e. The average molecular weight is 305 g/mol. The van der Waals surface area contributed by atoms with Crippen molar-refractivity contribution in [3.63, 3.8) is 0 Å². The molecule has 0 unspecified atom stereocenters. The van der Waals surface area contributed by atoms with Crippen LogP contribution in [0.3, 0.4) is 0 Å². The van der Waals surface area contributed by atoms with E-state index in [4.69, 9.17) is 4.84 Å². The summed E-state index contributed by atoms with van der Waals surface area (Å²) in [5, 5.41) is 0. The summed E-state index contributed by atoms with van der Waals surface area (Å²) in [6.45, 7) is 4.57. The van der Waals surface area contributed by atoms with Crippen LogP contribution in [0, 0.1) is 0 Å². The third kappa shape index (κ3) is 8.18. The number of amides is 1. The SMILES string of the molecule is CCCCCCCCCCc1ccc(C(=O)NOCC)cc1. The number of unbranched alkanes of at least 4 members (excludes halogenated alkanes) is 7. The van der Waals surface area contributed by atoms with Crippen LogP contribution in [0.15, 0.2) is 24.3 Å². The fourth-order valence-corrected chi connectivity index (χ4v) is 2.48. The highest BCUT2D eigenvalue weighted by Crippen LogP contribution is 2.12. The zero-order valence-corrected chi connectivity index (χ0v) is 14.2. The zero-order chi connectivity index (χ0) is 16.0. The fourth-order valence-electron chi connectivity index (χ4n) is 2.48. The average Bonchev–Trinajstić information content (AvgIpc) is 2.55. The van der Waals surface area contributed by atoms with Crippen molar-refractivity contribution in [2.24, 2.45) is 0 Å². The van der Waals surface area contributed by atoms with Gasteiger partial charge >= 0.3 is 0 Å². The maximum absolute atomic E-state index is 11.7. The van der Waals surface area contributed by atoms with Crippen LogP contribution in [0.5, 0.6) is 0 Å². The molecule has 3 heteroatoms. The first-order valence-corrected chi connectivity index (χ1v) is 8.79. The Balaban J connectivity index is 2.15. The maximum atomic E-state index is 11.7. The summed E-state index contributed by atoms with van der Waals surface area (Å²) >= 11 is 0. The van der Waals surface area contributed by atoms with Crippen LogP contribution < -0.4 is 5.48 Å². The molecule has 0 aromatic heterocycles. The molecule has 0 atom stereocenters. The van der Waals surface area contributed by atoms with Gasteiger partial charge in [0.05, 0.1) is 6.61 Å². The van der Waals surface area contributed by atoms with Crippen molar-refractivity contribution in [1.29, 1.82) is 0 Å². The minimum absolute atomic E-state index is 0.180. The standard InChI is InChI=1S/C19H31NO2/c1-3-5-6-7-8-9-10-11-12-17-13-15-18(16-14-17)19(21)20-22-4-2/h13-16H,3-12H2,1-2H3,(H,20,21). The molecule has 0 aliphatic heterocycles. The predicted octanol–water partition coefficient (Wildman–Crippen LogP) is 5.05. The Morgan fingerprint density at radius 3 is 2.09 bits per heavy atom. The van der Waals surface area contributed by atoms with E-state index in [9.17, 15) is 4.79 Å². The highest BCUT2D eigenvalue weighted by Gasteiger charge is 2.04. The number of rotatable bonds is 12. The quantitative estimate of drug-likeness (QED) is 0.433. The van der Waals surface area contributed by atoms with Gasteiger partial charge in [-0.3, -0.25) is 9.63 Å². The Bertz CT molecular complexity index is 400. The topological polar surface area (TPSA) is 38.3 Å². The van der Waals surface area contributed by atoms with Crippen LogP contribution in [0.25, 0.3) is 0 Å². The van der Waals surface area contributed by atoms with Crippen molar-refractivity contribution in [1.82, 2.24) is 5.48 Å². The van der Waals surface area contributed by atoms with Crippen LogP contribution in [0.1, 0.15) is 81.1 Å². The van der Waals surface area contributed by atoms with Crippen molar-refractivity contribution in [2.75, 3.05) is 6.61 Å². The molecular formula is C19H31NO2. The van der Waals surface area contributed by atoms with E-state index in [0.717, 1.165) is 6.42 Å². The van der Waals surface area contributed by atoms with Gasteiger partial charge in [-0.15, -0.1) is 0 Å². The Kier molecular flexibility index (Phi) is 10.4. The minimum Gasteiger partial charge on any atom is -0.274 e. The van der Waals surface area contributed by atoms with Gasteiger partial charge < -0.3 is 0 Å².